The van der Waals surface area contributed by atoms with Crippen LogP contribution in [-0.2, 0) is 0 Å². The third-order valence-corrected chi connectivity index (χ3v) is 4.89. The van der Waals surface area contributed by atoms with Crippen LogP contribution in [0.4, 0.5) is 0 Å². The number of halogens is 1. The number of aromatic nitrogens is 5. The molecule has 3 heterocycles. The summed E-state index contributed by atoms with van der Waals surface area (Å²) in [5.74, 6) is 1.14. The molecule has 6 nitrogen and oxygen atoms in total. The molecule has 0 N–H and O–H groups in total. The van der Waals surface area contributed by atoms with Gasteiger partial charge in [-0.3, -0.25) is 4.98 Å². The Morgan fingerprint density at radius 1 is 1.00 bits per heavy atom. The van der Waals surface area contributed by atoms with Crippen molar-refractivity contribution in [2.45, 2.75) is 6.92 Å². The summed E-state index contributed by atoms with van der Waals surface area (Å²) in [4.78, 5) is 22.4. The highest BCUT2D eigenvalue weighted by Crippen LogP contribution is 2.39. The maximum Gasteiger partial charge on any atom is 0.182 e. The summed E-state index contributed by atoms with van der Waals surface area (Å²) in [6, 6.07) is 9.89. The van der Waals surface area contributed by atoms with Crippen molar-refractivity contribution in [3.63, 3.8) is 0 Å². The molecule has 0 spiro atoms. The van der Waals surface area contributed by atoms with Gasteiger partial charge in [-0.15, -0.1) is 0 Å². The summed E-state index contributed by atoms with van der Waals surface area (Å²) in [5, 5.41) is 0.754. The quantitative estimate of drug-likeness (QED) is 0.505. The zero-order chi connectivity index (χ0) is 18.1. The molecule has 0 aliphatic carbocycles. The summed E-state index contributed by atoms with van der Waals surface area (Å²) >= 11 is 3.57. The largest absolute Gasteiger partial charge is 0.495 e. The second-order valence-electron chi connectivity index (χ2n) is 5.60. The summed E-state index contributed by atoms with van der Waals surface area (Å²) in [5.41, 5.74) is 3.62. The molecule has 0 bridgehead atoms. The minimum atomic E-state index is 0.473. The number of nitrogens with zero attached hydrogens (tertiary/aromatic N) is 5. The number of fused-ring (bicyclic) bond motifs is 1. The van der Waals surface area contributed by atoms with Gasteiger partial charge in [-0.25, -0.2) is 19.9 Å². The highest BCUT2D eigenvalue weighted by atomic mass is 79.9. The minimum absolute atomic E-state index is 0.473. The van der Waals surface area contributed by atoms with Crippen molar-refractivity contribution < 1.29 is 4.74 Å². The van der Waals surface area contributed by atoms with Crippen molar-refractivity contribution in [1.29, 1.82) is 0 Å². The molecule has 26 heavy (non-hydrogen) atoms. The lowest BCUT2D eigenvalue weighted by Gasteiger charge is -2.14. The average molecular weight is 408 g/mol. The molecule has 0 aliphatic heterocycles. The third-order valence-electron chi connectivity index (χ3n) is 3.95. The maximum absolute atomic E-state index is 5.65. The summed E-state index contributed by atoms with van der Waals surface area (Å²) in [6.07, 6.45) is 4.87. The van der Waals surface area contributed by atoms with E-state index in [1.165, 1.54) is 0 Å². The molecular formula is C19H14BrN5O. The Hall–Kier alpha value is -2.93. The molecule has 4 rings (SSSR count). The Morgan fingerprint density at radius 2 is 1.81 bits per heavy atom. The first kappa shape index (κ1) is 16.5. The SMILES string of the molecule is COc1c(Br)c(C)nc2nc(-c3cnccn3)nc(-c3ccccc3)c12. The van der Waals surface area contributed by atoms with E-state index in [0.717, 1.165) is 26.8 Å². The predicted octanol–water partition coefficient (Wildman–Crippen LogP) is 4.23. The standard InChI is InChI=1S/C19H14BrN5O/c1-11-15(20)17(26-2)14-16(12-6-4-3-5-7-12)24-18(25-19(14)23-11)13-10-21-8-9-22-13/h3-10H,1-2H3. The van der Waals surface area contributed by atoms with Crippen LogP contribution in [0.2, 0.25) is 0 Å². The maximum atomic E-state index is 5.65. The first-order chi connectivity index (χ1) is 12.7. The number of rotatable bonds is 3. The van der Waals surface area contributed by atoms with Gasteiger partial charge < -0.3 is 4.74 Å². The number of ether oxygens (including phenoxy) is 1. The van der Waals surface area contributed by atoms with Crippen LogP contribution in [0.25, 0.3) is 33.8 Å². The monoisotopic (exact) mass is 407 g/mol. The van der Waals surface area contributed by atoms with Gasteiger partial charge in [0.2, 0.25) is 0 Å². The van der Waals surface area contributed by atoms with Gasteiger partial charge in [-0.05, 0) is 22.9 Å². The van der Waals surface area contributed by atoms with Crippen molar-refractivity contribution in [2.75, 3.05) is 7.11 Å². The molecule has 128 valence electrons. The van der Waals surface area contributed by atoms with Gasteiger partial charge in [0.25, 0.3) is 0 Å². The van der Waals surface area contributed by atoms with Crippen LogP contribution in [0.15, 0.2) is 53.4 Å². The van der Waals surface area contributed by atoms with Gasteiger partial charge in [0.15, 0.2) is 11.5 Å². The van der Waals surface area contributed by atoms with E-state index in [-0.39, 0.29) is 0 Å². The summed E-state index contributed by atoms with van der Waals surface area (Å²) in [6.45, 7) is 1.90. The Morgan fingerprint density at radius 3 is 2.50 bits per heavy atom. The Balaban J connectivity index is 2.12. The Labute approximate surface area is 158 Å². The average Bonchev–Trinajstić information content (AvgIpc) is 2.69. The summed E-state index contributed by atoms with van der Waals surface area (Å²) < 4.78 is 6.44. The zero-order valence-corrected chi connectivity index (χ0v) is 15.7. The summed E-state index contributed by atoms with van der Waals surface area (Å²) in [7, 11) is 1.63. The number of hydrogen-bond donors (Lipinski definition) is 0. The lowest BCUT2D eigenvalue weighted by Crippen LogP contribution is -2.02. The van der Waals surface area contributed by atoms with Crippen LogP contribution >= 0.6 is 15.9 Å². The molecule has 0 saturated heterocycles. The van der Waals surface area contributed by atoms with E-state index in [1.807, 2.05) is 37.3 Å². The highest BCUT2D eigenvalue weighted by Gasteiger charge is 2.20. The number of methoxy groups -OCH3 is 1. The van der Waals surface area contributed by atoms with Crippen LogP contribution in [0.1, 0.15) is 5.69 Å². The normalized spacial score (nSPS) is 10.9. The van der Waals surface area contributed by atoms with E-state index in [4.69, 9.17) is 9.72 Å². The first-order valence-corrected chi connectivity index (χ1v) is 8.72. The number of benzene rings is 1. The van der Waals surface area contributed by atoms with Gasteiger partial charge >= 0.3 is 0 Å². The van der Waals surface area contributed by atoms with Crippen LogP contribution in [-0.4, -0.2) is 32.0 Å². The molecule has 0 amide bonds. The van der Waals surface area contributed by atoms with Crippen LogP contribution in [0.3, 0.4) is 0 Å². The lowest BCUT2D eigenvalue weighted by molar-refractivity contribution is 0.416. The smallest absolute Gasteiger partial charge is 0.182 e. The molecule has 7 heteroatoms. The van der Waals surface area contributed by atoms with E-state index < -0.39 is 0 Å². The molecular weight excluding hydrogens is 394 g/mol. The Kier molecular flexibility index (Phi) is 4.30. The van der Waals surface area contributed by atoms with Crippen LogP contribution in [0.5, 0.6) is 5.75 Å². The predicted molar refractivity (Wildman–Crippen MR) is 103 cm³/mol. The van der Waals surface area contributed by atoms with Crippen LogP contribution < -0.4 is 4.74 Å². The van der Waals surface area contributed by atoms with Gasteiger partial charge in [-0.2, -0.15) is 0 Å². The molecule has 4 aromatic rings. The molecule has 3 aromatic heterocycles. The highest BCUT2D eigenvalue weighted by molar-refractivity contribution is 9.10. The van der Waals surface area contributed by atoms with Crippen molar-refractivity contribution in [1.82, 2.24) is 24.9 Å². The zero-order valence-electron chi connectivity index (χ0n) is 14.1. The third kappa shape index (κ3) is 2.80. The number of hydrogen-bond acceptors (Lipinski definition) is 6. The molecule has 0 fully saturated rings. The molecule has 0 unspecified atom stereocenters. The second-order valence-corrected chi connectivity index (χ2v) is 6.39. The van der Waals surface area contributed by atoms with E-state index in [1.54, 1.807) is 25.7 Å². The van der Waals surface area contributed by atoms with Crippen LogP contribution in [0, 0.1) is 6.92 Å². The van der Waals surface area contributed by atoms with E-state index in [2.05, 4.69) is 35.9 Å². The molecule has 1 aromatic carbocycles. The van der Waals surface area contributed by atoms with Gasteiger partial charge in [0.1, 0.15) is 11.4 Å². The van der Waals surface area contributed by atoms with Crippen molar-refractivity contribution in [3.8, 4) is 28.5 Å². The van der Waals surface area contributed by atoms with E-state index in [0.29, 0.717) is 22.9 Å². The fraction of sp³-hybridized carbons (Fsp3) is 0.105. The molecule has 0 radical (unpaired) electrons. The van der Waals surface area contributed by atoms with E-state index >= 15 is 0 Å². The van der Waals surface area contributed by atoms with Crippen molar-refractivity contribution in [2.24, 2.45) is 0 Å². The minimum Gasteiger partial charge on any atom is -0.495 e. The lowest BCUT2D eigenvalue weighted by atomic mass is 10.1. The number of aryl methyl sites for hydroxylation is 1. The fourth-order valence-electron chi connectivity index (χ4n) is 2.75. The van der Waals surface area contributed by atoms with Gasteiger partial charge in [-0.1, -0.05) is 30.3 Å². The fourth-order valence-corrected chi connectivity index (χ4v) is 3.20. The Bertz CT molecular complexity index is 1090. The number of pyridine rings is 1. The van der Waals surface area contributed by atoms with Gasteiger partial charge in [0, 0.05) is 18.0 Å². The molecule has 0 aliphatic rings. The van der Waals surface area contributed by atoms with Crippen molar-refractivity contribution in [3.05, 3.63) is 59.1 Å². The molecule has 0 saturated carbocycles. The second kappa shape index (κ2) is 6.76. The van der Waals surface area contributed by atoms with Gasteiger partial charge in [0.05, 0.1) is 34.6 Å². The molecule has 0 atom stereocenters. The topological polar surface area (TPSA) is 73.7 Å². The first-order valence-electron chi connectivity index (χ1n) is 7.92. The van der Waals surface area contributed by atoms with E-state index in [9.17, 15) is 0 Å². The van der Waals surface area contributed by atoms with Crippen molar-refractivity contribution >= 4 is 27.0 Å².